The van der Waals surface area contributed by atoms with Gasteiger partial charge in [0.1, 0.15) is 17.0 Å². The van der Waals surface area contributed by atoms with Crippen molar-refractivity contribution in [3.63, 3.8) is 0 Å². The summed E-state index contributed by atoms with van der Waals surface area (Å²) in [5.74, 6) is -1.69. The molecule has 2 heterocycles. The molecule has 0 radical (unpaired) electrons. The van der Waals surface area contributed by atoms with Crippen LogP contribution in [0.3, 0.4) is 0 Å². The van der Waals surface area contributed by atoms with E-state index in [2.05, 4.69) is 34.4 Å². The molecule has 1 aromatic carbocycles. The molecular formula is C26H32ClF2N7O2. The molecule has 2 aromatic heterocycles. The van der Waals surface area contributed by atoms with Crippen LogP contribution in [0.1, 0.15) is 64.8 Å². The molecule has 204 valence electrons. The number of nitrogens with zero attached hydrogens (tertiary/aromatic N) is 4. The van der Waals surface area contributed by atoms with Gasteiger partial charge in [0.05, 0.1) is 17.3 Å². The van der Waals surface area contributed by atoms with E-state index in [4.69, 9.17) is 22.3 Å². The summed E-state index contributed by atoms with van der Waals surface area (Å²) in [6.45, 7) is 4.12. The Labute approximate surface area is 224 Å². The largest absolute Gasteiger partial charge is 0.392 e. The minimum atomic E-state index is -0.921. The Morgan fingerprint density at radius 1 is 1.18 bits per heavy atom. The van der Waals surface area contributed by atoms with Gasteiger partial charge in [0, 0.05) is 18.0 Å². The van der Waals surface area contributed by atoms with E-state index in [1.165, 1.54) is 0 Å². The molecule has 0 unspecified atom stereocenters. The Bertz CT molecular complexity index is 1360. The highest BCUT2D eigenvalue weighted by Gasteiger charge is 2.35. The van der Waals surface area contributed by atoms with Gasteiger partial charge < -0.3 is 21.5 Å². The van der Waals surface area contributed by atoms with Gasteiger partial charge in [0.2, 0.25) is 17.8 Å². The van der Waals surface area contributed by atoms with Crippen molar-refractivity contribution in [2.24, 2.45) is 17.1 Å². The van der Waals surface area contributed by atoms with E-state index in [0.29, 0.717) is 49.2 Å². The number of carbonyl (C=O) groups excluding carboxylic acids is 1. The molecule has 0 bridgehead atoms. The van der Waals surface area contributed by atoms with E-state index in [1.54, 1.807) is 6.20 Å². The van der Waals surface area contributed by atoms with Crippen LogP contribution in [0.15, 0.2) is 18.3 Å². The molecule has 12 heteroatoms. The average Bonchev–Trinajstić information content (AvgIpc) is 3.24. The highest BCUT2D eigenvalue weighted by atomic mass is 35.5. The average molecular weight is 548 g/mol. The van der Waals surface area contributed by atoms with Gasteiger partial charge in [0.15, 0.2) is 11.5 Å². The van der Waals surface area contributed by atoms with Gasteiger partial charge in [-0.05, 0) is 62.5 Å². The van der Waals surface area contributed by atoms with Crippen molar-refractivity contribution in [1.82, 2.24) is 19.5 Å². The summed E-state index contributed by atoms with van der Waals surface area (Å²) in [6, 6.07) is 2.10. The number of fused-ring (bicyclic) bond motifs is 1. The number of nitrogens with two attached hydrogens (primary N) is 1. The van der Waals surface area contributed by atoms with Crippen LogP contribution < -0.4 is 16.4 Å². The summed E-state index contributed by atoms with van der Waals surface area (Å²) < 4.78 is 31.2. The number of imidazole rings is 1. The molecule has 5 rings (SSSR count). The van der Waals surface area contributed by atoms with E-state index >= 15 is 0 Å². The highest BCUT2D eigenvalue weighted by molar-refractivity contribution is 6.31. The van der Waals surface area contributed by atoms with Crippen LogP contribution in [0, 0.1) is 23.0 Å². The van der Waals surface area contributed by atoms with Gasteiger partial charge in [-0.25, -0.2) is 18.7 Å². The first-order valence-corrected chi connectivity index (χ1v) is 13.3. The van der Waals surface area contributed by atoms with Crippen molar-refractivity contribution < 1.29 is 18.7 Å². The Morgan fingerprint density at radius 2 is 1.92 bits per heavy atom. The number of halogens is 3. The van der Waals surface area contributed by atoms with Gasteiger partial charge >= 0.3 is 0 Å². The van der Waals surface area contributed by atoms with Crippen molar-refractivity contribution >= 4 is 46.3 Å². The van der Waals surface area contributed by atoms with Crippen LogP contribution in [0.4, 0.5) is 26.4 Å². The number of hydrogen-bond acceptors (Lipinski definition) is 7. The molecule has 2 fully saturated rings. The molecule has 2 saturated carbocycles. The fourth-order valence-corrected chi connectivity index (χ4v) is 5.66. The Kier molecular flexibility index (Phi) is 7.17. The van der Waals surface area contributed by atoms with Crippen molar-refractivity contribution in [3.05, 3.63) is 35.0 Å². The minimum Gasteiger partial charge on any atom is -0.392 e. The Hall–Kier alpha value is -3.05. The van der Waals surface area contributed by atoms with Crippen molar-refractivity contribution in [1.29, 1.82) is 0 Å². The van der Waals surface area contributed by atoms with Gasteiger partial charge in [-0.2, -0.15) is 4.98 Å². The van der Waals surface area contributed by atoms with Crippen LogP contribution in [-0.4, -0.2) is 42.7 Å². The topological polar surface area (TPSA) is 131 Å². The number of aromatic nitrogens is 4. The maximum absolute atomic E-state index is 14.7. The predicted octanol–water partition coefficient (Wildman–Crippen LogP) is 5.07. The van der Waals surface area contributed by atoms with Crippen molar-refractivity contribution in [3.8, 4) is 0 Å². The van der Waals surface area contributed by atoms with Crippen LogP contribution in [-0.2, 0) is 4.79 Å². The molecule has 5 N–H and O–H groups in total. The molecule has 3 aromatic rings. The lowest BCUT2D eigenvalue weighted by atomic mass is 9.73. The maximum atomic E-state index is 14.7. The number of nitrogens with one attached hydrogen (secondary N) is 2. The SMILES string of the molecule is CC1(C)CC[C@H](Nc2ncc3nc(Nc4c(F)ccc(Cl)c4F)n(C4CCC(C(N)=O)CC4)c3n2)C[C@H]1O. The molecule has 2 aliphatic rings. The Morgan fingerprint density at radius 3 is 2.61 bits per heavy atom. The zero-order valence-electron chi connectivity index (χ0n) is 21.3. The molecule has 0 spiro atoms. The lowest BCUT2D eigenvalue weighted by molar-refractivity contribution is -0.122. The number of benzene rings is 1. The fraction of sp³-hybridized carbons (Fsp3) is 0.538. The summed E-state index contributed by atoms with van der Waals surface area (Å²) >= 11 is 5.91. The first-order chi connectivity index (χ1) is 18.0. The third-order valence-electron chi connectivity index (χ3n) is 8.06. The molecular weight excluding hydrogens is 516 g/mol. The number of anilines is 3. The molecule has 1 amide bonds. The summed E-state index contributed by atoms with van der Waals surface area (Å²) in [4.78, 5) is 25.4. The quantitative estimate of drug-likeness (QED) is 0.317. The normalized spacial score (nSPS) is 25.3. The van der Waals surface area contributed by atoms with Crippen molar-refractivity contribution in [2.75, 3.05) is 10.6 Å². The number of hydrogen-bond donors (Lipinski definition) is 4. The second-order valence-electron chi connectivity index (χ2n) is 11.1. The number of primary amides is 1. The smallest absolute Gasteiger partial charge is 0.224 e. The highest BCUT2D eigenvalue weighted by Crippen LogP contribution is 2.39. The van der Waals surface area contributed by atoms with Crippen molar-refractivity contribution in [2.45, 2.75) is 77.0 Å². The lowest BCUT2D eigenvalue weighted by Crippen LogP contribution is -2.41. The van der Waals surface area contributed by atoms with E-state index in [1.807, 2.05) is 4.57 Å². The fourth-order valence-electron chi connectivity index (χ4n) is 5.50. The summed E-state index contributed by atoms with van der Waals surface area (Å²) in [5, 5.41) is 16.4. The molecule has 2 aliphatic carbocycles. The number of amides is 1. The third kappa shape index (κ3) is 5.13. The summed E-state index contributed by atoms with van der Waals surface area (Å²) in [5.41, 5.74) is 5.91. The molecule has 9 nitrogen and oxygen atoms in total. The standard InChI is InChI=1S/C26H32ClF2N7O2/c1-26(2)10-9-14(11-19(26)37)32-24-31-12-18-23(35-24)36(15-5-3-13(4-6-15)22(30)38)25(33-18)34-21-17(28)8-7-16(27)20(21)29/h7-8,12-15,19,37H,3-6,9-11H2,1-2H3,(H2,30,38)(H,33,34)(H,31,32,35)/t13?,14-,15?,19+/m0/s1. The van der Waals surface area contributed by atoms with E-state index in [-0.39, 0.29) is 40.3 Å². The van der Waals surface area contributed by atoms with Gasteiger partial charge in [0.25, 0.3) is 0 Å². The van der Waals surface area contributed by atoms with Gasteiger partial charge in [-0.15, -0.1) is 0 Å². The van der Waals surface area contributed by atoms with Gasteiger partial charge in [-0.3, -0.25) is 9.36 Å². The monoisotopic (exact) mass is 547 g/mol. The molecule has 0 aliphatic heterocycles. The number of aliphatic hydroxyl groups excluding tert-OH is 1. The number of rotatable bonds is 6. The first kappa shape index (κ1) is 26.6. The zero-order valence-corrected chi connectivity index (χ0v) is 22.1. The molecule has 0 saturated heterocycles. The molecule has 38 heavy (non-hydrogen) atoms. The van der Waals surface area contributed by atoms with Crippen LogP contribution >= 0.6 is 11.6 Å². The van der Waals surface area contributed by atoms with Crippen LogP contribution in [0.25, 0.3) is 11.2 Å². The second kappa shape index (κ2) is 10.3. The van der Waals surface area contributed by atoms with E-state index in [0.717, 1.165) is 25.0 Å². The maximum Gasteiger partial charge on any atom is 0.224 e. The van der Waals surface area contributed by atoms with Gasteiger partial charge in [-0.1, -0.05) is 25.4 Å². The van der Waals surface area contributed by atoms with E-state index < -0.39 is 23.4 Å². The third-order valence-corrected chi connectivity index (χ3v) is 8.35. The van der Waals surface area contributed by atoms with Crippen LogP contribution in [0.5, 0.6) is 0 Å². The predicted molar refractivity (Wildman–Crippen MR) is 141 cm³/mol. The zero-order chi connectivity index (χ0) is 27.2. The number of aliphatic hydroxyl groups is 1. The molecule has 2 atom stereocenters. The minimum absolute atomic E-state index is 0.00472. The Balaban J connectivity index is 1.50. The number of carbonyl (C=O) groups is 1. The lowest BCUT2D eigenvalue weighted by Gasteiger charge is -2.39. The summed E-state index contributed by atoms with van der Waals surface area (Å²) in [7, 11) is 0. The van der Waals surface area contributed by atoms with E-state index in [9.17, 15) is 18.7 Å². The summed E-state index contributed by atoms with van der Waals surface area (Å²) in [6.07, 6.45) is 5.83. The first-order valence-electron chi connectivity index (χ1n) is 12.9. The van der Waals surface area contributed by atoms with Crippen LogP contribution in [0.2, 0.25) is 5.02 Å². The second-order valence-corrected chi connectivity index (χ2v) is 11.5.